The third-order valence-corrected chi connectivity index (χ3v) is 3.59. The van der Waals surface area contributed by atoms with Crippen LogP contribution in [-0.4, -0.2) is 12.7 Å². The minimum Gasteiger partial charge on any atom is -0.378 e. The topological polar surface area (TPSA) is 9.23 Å². The van der Waals surface area contributed by atoms with Crippen molar-refractivity contribution in [2.45, 2.75) is 51.0 Å². The van der Waals surface area contributed by atoms with Crippen LogP contribution in [0.3, 0.4) is 0 Å². The Bertz CT molecular complexity index is 325. The molecule has 1 saturated heterocycles. The van der Waals surface area contributed by atoms with Crippen LogP contribution < -0.4 is 0 Å². The van der Waals surface area contributed by atoms with E-state index in [4.69, 9.17) is 4.74 Å². The Morgan fingerprint density at radius 1 is 1.24 bits per heavy atom. The lowest BCUT2D eigenvalue weighted by molar-refractivity contribution is -0.00190. The Hall–Kier alpha value is -0.890. The maximum atomic E-state index is 12.8. The zero-order valence-corrected chi connectivity index (χ0v) is 10.5. The van der Waals surface area contributed by atoms with Crippen molar-refractivity contribution in [3.05, 3.63) is 35.6 Å². The van der Waals surface area contributed by atoms with Crippen LogP contribution >= 0.6 is 0 Å². The standard InChI is InChI=1S/C15H21FO/c1-2-3-4-15-10-7-13(11-17-15)12-5-8-14(16)9-6-12/h5-6,8-9,13,15H,2-4,7,10-11H2,1H3. The van der Waals surface area contributed by atoms with Crippen LogP contribution in [0, 0.1) is 5.82 Å². The number of hydrogen-bond donors (Lipinski definition) is 0. The molecule has 1 aliphatic rings. The van der Waals surface area contributed by atoms with Crippen LogP contribution in [-0.2, 0) is 4.74 Å². The Labute approximate surface area is 103 Å². The zero-order valence-electron chi connectivity index (χ0n) is 10.5. The van der Waals surface area contributed by atoms with Gasteiger partial charge in [0, 0.05) is 5.92 Å². The third-order valence-electron chi connectivity index (χ3n) is 3.59. The predicted octanol–water partition coefficient (Wildman–Crippen LogP) is 4.28. The predicted molar refractivity (Wildman–Crippen MR) is 67.6 cm³/mol. The van der Waals surface area contributed by atoms with E-state index in [-0.39, 0.29) is 5.82 Å². The van der Waals surface area contributed by atoms with E-state index in [2.05, 4.69) is 6.92 Å². The summed E-state index contributed by atoms with van der Waals surface area (Å²) in [7, 11) is 0. The molecule has 0 amide bonds. The third kappa shape index (κ3) is 3.53. The second-order valence-electron chi connectivity index (χ2n) is 4.92. The van der Waals surface area contributed by atoms with Crippen LogP contribution in [0.4, 0.5) is 4.39 Å². The van der Waals surface area contributed by atoms with Crippen molar-refractivity contribution in [2.75, 3.05) is 6.61 Å². The molecule has 1 aromatic carbocycles. The Morgan fingerprint density at radius 3 is 2.59 bits per heavy atom. The molecule has 2 unspecified atom stereocenters. The van der Waals surface area contributed by atoms with E-state index in [1.165, 1.54) is 31.2 Å². The van der Waals surface area contributed by atoms with Crippen LogP contribution in [0.15, 0.2) is 24.3 Å². The van der Waals surface area contributed by atoms with Gasteiger partial charge in [-0.3, -0.25) is 0 Å². The summed E-state index contributed by atoms with van der Waals surface area (Å²) in [5.41, 5.74) is 1.21. The summed E-state index contributed by atoms with van der Waals surface area (Å²) in [5.74, 6) is 0.291. The van der Waals surface area contributed by atoms with Gasteiger partial charge in [0.05, 0.1) is 12.7 Å². The number of benzene rings is 1. The summed E-state index contributed by atoms with van der Waals surface area (Å²) < 4.78 is 18.7. The van der Waals surface area contributed by atoms with Crippen LogP contribution in [0.5, 0.6) is 0 Å². The fraction of sp³-hybridized carbons (Fsp3) is 0.600. The molecule has 0 aliphatic carbocycles. The number of unbranched alkanes of at least 4 members (excludes halogenated alkanes) is 1. The van der Waals surface area contributed by atoms with Gasteiger partial charge in [-0.25, -0.2) is 4.39 Å². The minimum atomic E-state index is -0.161. The summed E-state index contributed by atoms with van der Waals surface area (Å²) in [4.78, 5) is 0. The number of rotatable bonds is 4. The van der Waals surface area contributed by atoms with Crippen molar-refractivity contribution in [3.8, 4) is 0 Å². The van der Waals surface area contributed by atoms with E-state index in [9.17, 15) is 4.39 Å². The molecule has 1 aromatic rings. The highest BCUT2D eigenvalue weighted by Crippen LogP contribution is 2.29. The van der Waals surface area contributed by atoms with Gasteiger partial charge in [-0.05, 0) is 37.0 Å². The first-order chi connectivity index (χ1) is 8.29. The second kappa shape index (κ2) is 6.15. The molecule has 0 spiro atoms. The van der Waals surface area contributed by atoms with E-state index in [1.807, 2.05) is 12.1 Å². The molecule has 1 fully saturated rings. The molecule has 2 rings (SSSR count). The Morgan fingerprint density at radius 2 is 2.00 bits per heavy atom. The first kappa shape index (κ1) is 12.6. The second-order valence-corrected chi connectivity index (χ2v) is 4.92. The molecule has 0 N–H and O–H groups in total. The fourth-order valence-electron chi connectivity index (χ4n) is 2.46. The van der Waals surface area contributed by atoms with Crippen LogP contribution in [0.25, 0.3) is 0 Å². The molecular formula is C15H21FO. The number of hydrogen-bond acceptors (Lipinski definition) is 1. The molecule has 0 bridgehead atoms. The fourth-order valence-corrected chi connectivity index (χ4v) is 2.46. The molecule has 0 radical (unpaired) electrons. The number of ether oxygens (including phenoxy) is 1. The van der Waals surface area contributed by atoms with Gasteiger partial charge in [-0.2, -0.15) is 0 Å². The lowest BCUT2D eigenvalue weighted by atomic mass is 9.90. The van der Waals surface area contributed by atoms with Gasteiger partial charge in [0.25, 0.3) is 0 Å². The summed E-state index contributed by atoms with van der Waals surface area (Å²) >= 11 is 0. The average Bonchev–Trinajstić information content (AvgIpc) is 2.38. The van der Waals surface area contributed by atoms with E-state index in [1.54, 1.807) is 12.1 Å². The molecule has 1 aliphatic heterocycles. The van der Waals surface area contributed by atoms with Gasteiger partial charge in [0.2, 0.25) is 0 Å². The summed E-state index contributed by atoms with van der Waals surface area (Å²) in [6.45, 7) is 3.00. The lowest BCUT2D eigenvalue weighted by Gasteiger charge is -2.29. The normalized spacial score (nSPS) is 24.8. The molecule has 94 valence electrons. The van der Waals surface area contributed by atoms with Crippen molar-refractivity contribution in [1.29, 1.82) is 0 Å². The lowest BCUT2D eigenvalue weighted by Crippen LogP contribution is -2.24. The summed E-state index contributed by atoms with van der Waals surface area (Å²) in [6.07, 6.45) is 6.44. The van der Waals surface area contributed by atoms with Gasteiger partial charge in [0.15, 0.2) is 0 Å². The average molecular weight is 236 g/mol. The zero-order chi connectivity index (χ0) is 12.1. The van der Waals surface area contributed by atoms with E-state index < -0.39 is 0 Å². The van der Waals surface area contributed by atoms with Crippen molar-refractivity contribution in [3.63, 3.8) is 0 Å². The van der Waals surface area contributed by atoms with E-state index >= 15 is 0 Å². The molecular weight excluding hydrogens is 215 g/mol. The van der Waals surface area contributed by atoms with Gasteiger partial charge in [0.1, 0.15) is 5.82 Å². The summed E-state index contributed by atoms with van der Waals surface area (Å²) in [6, 6.07) is 6.85. The van der Waals surface area contributed by atoms with Crippen molar-refractivity contribution >= 4 is 0 Å². The number of halogens is 1. The Kier molecular flexibility index (Phi) is 4.55. The SMILES string of the molecule is CCCCC1CCC(c2ccc(F)cc2)CO1. The van der Waals surface area contributed by atoms with Crippen molar-refractivity contribution in [2.24, 2.45) is 0 Å². The molecule has 17 heavy (non-hydrogen) atoms. The van der Waals surface area contributed by atoms with E-state index in [0.29, 0.717) is 12.0 Å². The molecule has 2 atom stereocenters. The van der Waals surface area contributed by atoms with Crippen molar-refractivity contribution < 1.29 is 9.13 Å². The maximum Gasteiger partial charge on any atom is 0.123 e. The maximum absolute atomic E-state index is 12.8. The molecule has 1 heterocycles. The highest BCUT2D eigenvalue weighted by molar-refractivity contribution is 5.20. The smallest absolute Gasteiger partial charge is 0.123 e. The first-order valence-corrected chi connectivity index (χ1v) is 6.66. The van der Waals surface area contributed by atoms with Gasteiger partial charge < -0.3 is 4.74 Å². The minimum absolute atomic E-state index is 0.161. The molecule has 1 nitrogen and oxygen atoms in total. The largest absolute Gasteiger partial charge is 0.378 e. The highest BCUT2D eigenvalue weighted by Gasteiger charge is 2.22. The monoisotopic (exact) mass is 236 g/mol. The van der Waals surface area contributed by atoms with Crippen LogP contribution in [0.1, 0.15) is 50.5 Å². The molecule has 2 heteroatoms. The van der Waals surface area contributed by atoms with E-state index in [0.717, 1.165) is 13.0 Å². The van der Waals surface area contributed by atoms with Crippen molar-refractivity contribution in [1.82, 2.24) is 0 Å². The molecule has 0 saturated carbocycles. The Balaban J connectivity index is 1.84. The summed E-state index contributed by atoms with van der Waals surface area (Å²) in [5, 5.41) is 0. The van der Waals surface area contributed by atoms with Gasteiger partial charge in [-0.1, -0.05) is 31.9 Å². The molecule has 0 aromatic heterocycles. The van der Waals surface area contributed by atoms with Crippen LogP contribution in [0.2, 0.25) is 0 Å². The highest BCUT2D eigenvalue weighted by atomic mass is 19.1. The quantitative estimate of drug-likeness (QED) is 0.758. The first-order valence-electron chi connectivity index (χ1n) is 6.66. The van der Waals surface area contributed by atoms with Gasteiger partial charge in [-0.15, -0.1) is 0 Å². The van der Waals surface area contributed by atoms with Gasteiger partial charge >= 0.3 is 0 Å².